The maximum atomic E-state index is 12.0. The summed E-state index contributed by atoms with van der Waals surface area (Å²) < 4.78 is 24.0. The molecule has 0 heterocycles. The van der Waals surface area contributed by atoms with Gasteiger partial charge < -0.3 is 0 Å². The molecule has 6 heteroatoms. The Morgan fingerprint density at radius 2 is 1.62 bits per heavy atom. The van der Waals surface area contributed by atoms with Crippen molar-refractivity contribution in [3.05, 3.63) is 65.7 Å². The van der Waals surface area contributed by atoms with Gasteiger partial charge in [-0.3, -0.25) is 10.2 Å². The van der Waals surface area contributed by atoms with E-state index >= 15 is 0 Å². The molecular weight excluding hydrogens is 288 g/mol. The zero-order chi connectivity index (χ0) is 15.3. The van der Waals surface area contributed by atoms with E-state index in [0.717, 1.165) is 5.56 Å². The topological polar surface area (TPSA) is 75.3 Å². The molecule has 2 aromatic carbocycles. The van der Waals surface area contributed by atoms with Crippen molar-refractivity contribution in [1.29, 1.82) is 0 Å². The maximum absolute atomic E-state index is 12.0. The van der Waals surface area contributed by atoms with Crippen molar-refractivity contribution < 1.29 is 13.2 Å². The fraction of sp³-hybridized carbons (Fsp3) is 0.133. The molecule has 0 bridgehead atoms. The molecule has 0 aliphatic rings. The summed E-state index contributed by atoms with van der Waals surface area (Å²) >= 11 is 0. The highest BCUT2D eigenvalue weighted by Crippen LogP contribution is 2.09. The van der Waals surface area contributed by atoms with Gasteiger partial charge in [-0.05, 0) is 30.7 Å². The second-order valence-electron chi connectivity index (χ2n) is 4.52. The van der Waals surface area contributed by atoms with E-state index in [2.05, 4.69) is 10.9 Å². The van der Waals surface area contributed by atoms with Gasteiger partial charge in [0.1, 0.15) is 5.88 Å². The molecule has 0 saturated carbocycles. The van der Waals surface area contributed by atoms with Crippen LogP contribution in [0.3, 0.4) is 0 Å². The lowest BCUT2D eigenvalue weighted by molar-refractivity contribution is 0.0936. The molecule has 0 atom stereocenters. The Hall–Kier alpha value is -2.18. The SMILES string of the molecule is Cc1ccccc1C(=O)NNCS(=O)(=O)c1ccccc1. The van der Waals surface area contributed by atoms with E-state index in [4.69, 9.17) is 0 Å². The van der Waals surface area contributed by atoms with Gasteiger partial charge in [0, 0.05) is 5.56 Å². The summed E-state index contributed by atoms with van der Waals surface area (Å²) in [5.41, 5.74) is 6.18. The van der Waals surface area contributed by atoms with Crippen molar-refractivity contribution >= 4 is 15.7 Å². The molecule has 5 nitrogen and oxygen atoms in total. The van der Waals surface area contributed by atoms with Crippen LogP contribution in [0.25, 0.3) is 0 Å². The molecule has 0 aromatic heterocycles. The molecular formula is C15H16N2O3S. The van der Waals surface area contributed by atoms with Gasteiger partial charge in [-0.2, -0.15) is 0 Å². The van der Waals surface area contributed by atoms with E-state index in [-0.39, 0.29) is 16.7 Å². The van der Waals surface area contributed by atoms with Crippen LogP contribution >= 0.6 is 0 Å². The number of nitrogens with one attached hydrogen (secondary N) is 2. The minimum atomic E-state index is -3.47. The predicted molar refractivity (Wildman–Crippen MR) is 80.3 cm³/mol. The lowest BCUT2D eigenvalue weighted by Gasteiger charge is -2.09. The number of amides is 1. The lowest BCUT2D eigenvalue weighted by atomic mass is 10.1. The first-order chi connectivity index (χ1) is 10.0. The molecule has 2 rings (SSSR count). The van der Waals surface area contributed by atoms with Crippen molar-refractivity contribution in [2.45, 2.75) is 11.8 Å². The lowest BCUT2D eigenvalue weighted by Crippen LogP contribution is -2.40. The summed E-state index contributed by atoms with van der Waals surface area (Å²) in [4.78, 5) is 12.1. The Bertz CT molecular complexity index is 728. The summed E-state index contributed by atoms with van der Waals surface area (Å²) in [6.07, 6.45) is 0. The van der Waals surface area contributed by atoms with E-state index in [1.165, 1.54) is 12.1 Å². The molecule has 0 aliphatic heterocycles. The van der Waals surface area contributed by atoms with E-state index < -0.39 is 9.84 Å². The molecule has 2 aromatic rings. The first-order valence-electron chi connectivity index (χ1n) is 6.37. The van der Waals surface area contributed by atoms with Crippen molar-refractivity contribution in [2.75, 3.05) is 5.88 Å². The number of hydrogen-bond donors (Lipinski definition) is 2. The van der Waals surface area contributed by atoms with Crippen LogP contribution < -0.4 is 10.9 Å². The number of hydrazine groups is 1. The number of sulfone groups is 1. The van der Waals surface area contributed by atoms with Gasteiger partial charge in [0.05, 0.1) is 4.90 Å². The zero-order valence-corrected chi connectivity index (χ0v) is 12.4. The third-order valence-corrected chi connectivity index (χ3v) is 4.47. The second-order valence-corrected chi connectivity index (χ2v) is 6.51. The third-order valence-electron chi connectivity index (χ3n) is 2.96. The van der Waals surface area contributed by atoms with Crippen LogP contribution in [0.1, 0.15) is 15.9 Å². The van der Waals surface area contributed by atoms with E-state index in [0.29, 0.717) is 5.56 Å². The van der Waals surface area contributed by atoms with Crippen molar-refractivity contribution in [3.63, 3.8) is 0 Å². The number of carbonyl (C=O) groups excluding carboxylic acids is 1. The summed E-state index contributed by atoms with van der Waals surface area (Å²) in [6.45, 7) is 1.82. The maximum Gasteiger partial charge on any atom is 0.265 e. The van der Waals surface area contributed by atoms with Crippen molar-refractivity contribution in [3.8, 4) is 0 Å². The first kappa shape index (κ1) is 15.2. The highest BCUT2D eigenvalue weighted by molar-refractivity contribution is 7.91. The highest BCUT2D eigenvalue weighted by Gasteiger charge is 2.14. The molecule has 0 radical (unpaired) electrons. The van der Waals surface area contributed by atoms with Crippen LogP contribution in [0.5, 0.6) is 0 Å². The van der Waals surface area contributed by atoms with Gasteiger partial charge in [-0.15, -0.1) is 0 Å². The van der Waals surface area contributed by atoms with E-state index in [1.807, 2.05) is 19.1 Å². The van der Waals surface area contributed by atoms with Crippen LogP contribution in [0, 0.1) is 6.92 Å². The monoisotopic (exact) mass is 304 g/mol. The Balaban J connectivity index is 1.96. The Kier molecular flexibility index (Phi) is 4.72. The van der Waals surface area contributed by atoms with Crippen LogP contribution in [-0.4, -0.2) is 20.2 Å². The molecule has 110 valence electrons. The van der Waals surface area contributed by atoms with Crippen LogP contribution in [0.4, 0.5) is 0 Å². The quantitative estimate of drug-likeness (QED) is 0.824. The summed E-state index contributed by atoms with van der Waals surface area (Å²) in [6, 6.07) is 15.2. The smallest absolute Gasteiger partial charge is 0.265 e. The number of hydrogen-bond acceptors (Lipinski definition) is 4. The standard InChI is InChI=1S/C15H16N2O3S/c1-12-7-5-6-10-14(12)15(18)17-16-11-21(19,20)13-8-3-2-4-9-13/h2-10,16H,11H2,1H3,(H,17,18). The number of carbonyl (C=O) groups is 1. The molecule has 0 saturated heterocycles. The summed E-state index contributed by atoms with van der Waals surface area (Å²) in [5, 5.41) is 0. The molecule has 21 heavy (non-hydrogen) atoms. The molecule has 1 amide bonds. The molecule has 0 spiro atoms. The summed E-state index contributed by atoms with van der Waals surface area (Å²) in [5.74, 6) is -0.731. The Morgan fingerprint density at radius 1 is 1.00 bits per heavy atom. The predicted octanol–water partition coefficient (Wildman–Crippen LogP) is 1.66. The number of rotatable bonds is 5. The minimum Gasteiger partial charge on any atom is -0.286 e. The van der Waals surface area contributed by atoms with Gasteiger partial charge in [0.2, 0.25) is 0 Å². The van der Waals surface area contributed by atoms with E-state index in [9.17, 15) is 13.2 Å². The van der Waals surface area contributed by atoms with Gasteiger partial charge in [-0.25, -0.2) is 13.8 Å². The third kappa shape index (κ3) is 3.90. The van der Waals surface area contributed by atoms with Crippen LogP contribution in [0.15, 0.2) is 59.5 Å². The van der Waals surface area contributed by atoms with Gasteiger partial charge in [0.15, 0.2) is 9.84 Å². The largest absolute Gasteiger partial charge is 0.286 e. The molecule has 0 fully saturated rings. The fourth-order valence-electron chi connectivity index (χ4n) is 1.82. The summed E-state index contributed by atoms with van der Waals surface area (Å²) in [7, 11) is -3.47. The van der Waals surface area contributed by atoms with Gasteiger partial charge in [-0.1, -0.05) is 36.4 Å². The van der Waals surface area contributed by atoms with E-state index in [1.54, 1.807) is 30.3 Å². The number of aryl methyl sites for hydroxylation is 1. The average Bonchev–Trinajstić information content (AvgIpc) is 2.48. The fourth-order valence-corrected chi connectivity index (χ4v) is 2.82. The molecule has 0 unspecified atom stereocenters. The molecule has 2 N–H and O–H groups in total. The second kappa shape index (κ2) is 6.51. The first-order valence-corrected chi connectivity index (χ1v) is 8.02. The van der Waals surface area contributed by atoms with Gasteiger partial charge in [0.25, 0.3) is 5.91 Å². The minimum absolute atomic E-state index is 0.211. The number of benzene rings is 2. The Morgan fingerprint density at radius 3 is 2.29 bits per heavy atom. The normalized spacial score (nSPS) is 11.1. The van der Waals surface area contributed by atoms with Crippen LogP contribution in [0.2, 0.25) is 0 Å². The van der Waals surface area contributed by atoms with Gasteiger partial charge >= 0.3 is 0 Å². The zero-order valence-electron chi connectivity index (χ0n) is 11.5. The molecule has 0 aliphatic carbocycles. The highest BCUT2D eigenvalue weighted by atomic mass is 32.2. The van der Waals surface area contributed by atoms with Crippen molar-refractivity contribution in [2.24, 2.45) is 0 Å². The average molecular weight is 304 g/mol. The Labute approximate surface area is 123 Å². The van der Waals surface area contributed by atoms with Crippen molar-refractivity contribution in [1.82, 2.24) is 10.9 Å². The van der Waals surface area contributed by atoms with Crippen LogP contribution in [-0.2, 0) is 9.84 Å².